The highest BCUT2D eigenvalue weighted by molar-refractivity contribution is 5.03. The molecule has 0 aromatic heterocycles. The van der Waals surface area contributed by atoms with Crippen molar-refractivity contribution in [2.45, 2.75) is 57.0 Å². The number of fused-ring (bicyclic) bond motifs is 2. The van der Waals surface area contributed by atoms with Gasteiger partial charge >= 0.3 is 0 Å². The predicted octanol–water partition coefficient (Wildman–Crippen LogP) is 2.35. The lowest BCUT2D eigenvalue weighted by molar-refractivity contribution is -0.0859. The first kappa shape index (κ1) is 10.8. The van der Waals surface area contributed by atoms with Crippen LogP contribution < -0.4 is 0 Å². The van der Waals surface area contributed by atoms with Crippen LogP contribution in [0, 0.1) is 11.8 Å². The van der Waals surface area contributed by atoms with E-state index in [9.17, 15) is 0 Å². The lowest BCUT2D eigenvalue weighted by atomic mass is 9.68. The summed E-state index contributed by atoms with van der Waals surface area (Å²) in [6, 6.07) is 1.95. The average molecular weight is 234 g/mol. The molecule has 0 radical (unpaired) electrons. The lowest BCUT2D eigenvalue weighted by Crippen LogP contribution is -2.65. The average Bonchev–Trinajstić information content (AvgIpc) is 2.39. The van der Waals surface area contributed by atoms with Crippen molar-refractivity contribution < 1.29 is 0 Å². The molecule has 0 aliphatic carbocycles. The summed E-state index contributed by atoms with van der Waals surface area (Å²) < 4.78 is 0. The Bertz CT molecular complexity index is 289. The second-order valence-corrected chi connectivity index (χ2v) is 6.79. The van der Waals surface area contributed by atoms with E-state index in [1.54, 1.807) is 0 Å². The van der Waals surface area contributed by atoms with Gasteiger partial charge in [0.05, 0.1) is 0 Å². The van der Waals surface area contributed by atoms with E-state index in [-0.39, 0.29) is 0 Å². The number of piperidine rings is 4. The van der Waals surface area contributed by atoms with Crippen LogP contribution in [0.3, 0.4) is 0 Å². The van der Waals surface area contributed by atoms with Gasteiger partial charge in [-0.1, -0.05) is 6.42 Å². The maximum absolute atomic E-state index is 2.88. The molecule has 4 aliphatic heterocycles. The van der Waals surface area contributed by atoms with Crippen molar-refractivity contribution in [3.05, 3.63) is 0 Å². The van der Waals surface area contributed by atoms with Crippen LogP contribution >= 0.6 is 0 Å². The molecule has 0 N–H and O–H groups in total. The van der Waals surface area contributed by atoms with Gasteiger partial charge in [0.1, 0.15) is 0 Å². The molecule has 0 aromatic rings. The summed E-state index contributed by atoms with van der Waals surface area (Å²) in [6.45, 7) is 5.65. The molecule has 1 unspecified atom stereocenters. The first-order chi connectivity index (χ1) is 8.43. The Morgan fingerprint density at radius 3 is 2.47 bits per heavy atom. The molecule has 17 heavy (non-hydrogen) atoms. The van der Waals surface area contributed by atoms with Gasteiger partial charge < -0.3 is 0 Å². The van der Waals surface area contributed by atoms with Crippen LogP contribution in [0.1, 0.15) is 44.9 Å². The van der Waals surface area contributed by atoms with Crippen molar-refractivity contribution in [2.24, 2.45) is 11.8 Å². The lowest BCUT2D eigenvalue weighted by Gasteiger charge is -2.58. The Balaban J connectivity index is 1.63. The quantitative estimate of drug-likeness (QED) is 0.635. The Labute approximate surface area is 105 Å². The van der Waals surface area contributed by atoms with Crippen LogP contribution in [0.15, 0.2) is 0 Å². The summed E-state index contributed by atoms with van der Waals surface area (Å²) in [6.07, 6.45) is 10.4. The van der Waals surface area contributed by atoms with Gasteiger partial charge in [-0.2, -0.15) is 0 Å². The van der Waals surface area contributed by atoms with Gasteiger partial charge in [-0.3, -0.25) is 9.80 Å². The maximum atomic E-state index is 2.88. The van der Waals surface area contributed by atoms with E-state index < -0.39 is 0 Å². The van der Waals surface area contributed by atoms with Crippen LogP contribution in [0.4, 0.5) is 0 Å². The van der Waals surface area contributed by atoms with Crippen molar-refractivity contribution >= 4 is 0 Å². The standard InChI is InChI=1S/C15H26N2/c1-2-8-17-11-12-5-3-9-16-10-4-6-13(15(12)16)14(17)7-1/h12-15H,1-11H2/t12-,13+,14+,15?/m0/s1. The molecule has 4 heterocycles. The van der Waals surface area contributed by atoms with Gasteiger partial charge in [-0.05, 0) is 70.0 Å². The molecular weight excluding hydrogens is 208 g/mol. The van der Waals surface area contributed by atoms with E-state index >= 15 is 0 Å². The zero-order valence-electron chi connectivity index (χ0n) is 11.0. The zero-order chi connectivity index (χ0) is 11.2. The minimum absolute atomic E-state index is 0.964. The molecule has 0 aromatic carbocycles. The van der Waals surface area contributed by atoms with Crippen molar-refractivity contribution in [3.8, 4) is 0 Å². The molecule has 0 saturated carbocycles. The summed E-state index contributed by atoms with van der Waals surface area (Å²) >= 11 is 0. The molecule has 4 saturated heterocycles. The smallest absolute Gasteiger partial charge is 0.0179 e. The van der Waals surface area contributed by atoms with Crippen LogP contribution in [-0.4, -0.2) is 48.1 Å². The summed E-state index contributed by atoms with van der Waals surface area (Å²) in [5.41, 5.74) is 0. The number of hydrogen-bond donors (Lipinski definition) is 0. The van der Waals surface area contributed by atoms with E-state index in [0.29, 0.717) is 0 Å². The van der Waals surface area contributed by atoms with Crippen LogP contribution in [0.5, 0.6) is 0 Å². The fourth-order valence-corrected chi connectivity index (χ4v) is 5.41. The molecule has 4 fully saturated rings. The van der Waals surface area contributed by atoms with Gasteiger partial charge in [0.15, 0.2) is 0 Å². The predicted molar refractivity (Wildman–Crippen MR) is 70.0 cm³/mol. The van der Waals surface area contributed by atoms with Crippen molar-refractivity contribution in [1.29, 1.82) is 0 Å². The van der Waals surface area contributed by atoms with Crippen molar-refractivity contribution in [3.63, 3.8) is 0 Å². The second kappa shape index (κ2) is 4.24. The topological polar surface area (TPSA) is 6.48 Å². The molecule has 0 amide bonds. The third-order valence-corrected chi connectivity index (χ3v) is 5.97. The van der Waals surface area contributed by atoms with E-state index in [0.717, 1.165) is 23.9 Å². The molecule has 0 spiro atoms. The Morgan fingerprint density at radius 2 is 1.53 bits per heavy atom. The highest BCUT2D eigenvalue weighted by Gasteiger charge is 2.48. The van der Waals surface area contributed by atoms with Crippen LogP contribution in [0.2, 0.25) is 0 Å². The minimum atomic E-state index is 0.964. The van der Waals surface area contributed by atoms with E-state index in [4.69, 9.17) is 0 Å². The first-order valence-electron chi connectivity index (χ1n) is 7.91. The first-order valence-corrected chi connectivity index (χ1v) is 7.91. The molecule has 96 valence electrons. The second-order valence-electron chi connectivity index (χ2n) is 6.79. The molecular formula is C15H26N2. The monoisotopic (exact) mass is 234 g/mol. The van der Waals surface area contributed by atoms with Gasteiger partial charge in [0.2, 0.25) is 0 Å². The highest BCUT2D eigenvalue weighted by atomic mass is 15.3. The van der Waals surface area contributed by atoms with Crippen LogP contribution in [0.25, 0.3) is 0 Å². The van der Waals surface area contributed by atoms with Gasteiger partial charge in [0, 0.05) is 18.6 Å². The Morgan fingerprint density at radius 1 is 0.706 bits per heavy atom. The van der Waals surface area contributed by atoms with Gasteiger partial charge in [-0.15, -0.1) is 0 Å². The largest absolute Gasteiger partial charge is 0.300 e. The zero-order valence-corrected chi connectivity index (χ0v) is 11.0. The molecule has 0 bridgehead atoms. The summed E-state index contributed by atoms with van der Waals surface area (Å²) in [4.78, 5) is 5.75. The van der Waals surface area contributed by atoms with Gasteiger partial charge in [0.25, 0.3) is 0 Å². The number of rotatable bonds is 0. The van der Waals surface area contributed by atoms with Crippen molar-refractivity contribution in [1.82, 2.24) is 9.80 Å². The molecule has 4 atom stereocenters. The Kier molecular flexibility index (Phi) is 2.69. The summed E-state index contributed by atoms with van der Waals surface area (Å²) in [7, 11) is 0. The van der Waals surface area contributed by atoms with Crippen molar-refractivity contribution in [2.75, 3.05) is 26.2 Å². The molecule has 4 rings (SSSR count). The van der Waals surface area contributed by atoms with E-state index in [1.165, 1.54) is 71.1 Å². The SMILES string of the molecule is C1CCN2C[C@@H]3CCCN4CCC[C@@H](C34)[C@H]2C1. The van der Waals surface area contributed by atoms with E-state index in [1.807, 2.05) is 0 Å². The molecule has 4 aliphatic rings. The molecule has 2 nitrogen and oxygen atoms in total. The Hall–Kier alpha value is -0.0800. The third kappa shape index (κ3) is 1.67. The van der Waals surface area contributed by atoms with Crippen LogP contribution in [-0.2, 0) is 0 Å². The fourth-order valence-electron chi connectivity index (χ4n) is 5.41. The number of nitrogens with zero attached hydrogens (tertiary/aromatic N) is 2. The number of hydrogen-bond acceptors (Lipinski definition) is 2. The summed E-state index contributed by atoms with van der Waals surface area (Å²) in [5, 5.41) is 0. The summed E-state index contributed by atoms with van der Waals surface area (Å²) in [5.74, 6) is 2.05. The van der Waals surface area contributed by atoms with Gasteiger partial charge in [-0.25, -0.2) is 0 Å². The minimum Gasteiger partial charge on any atom is -0.300 e. The van der Waals surface area contributed by atoms with E-state index in [2.05, 4.69) is 9.80 Å². The third-order valence-electron chi connectivity index (χ3n) is 5.97. The fraction of sp³-hybridized carbons (Fsp3) is 1.00. The highest BCUT2D eigenvalue weighted by Crippen LogP contribution is 2.44. The normalized spacial score (nSPS) is 47.3. The molecule has 2 heteroatoms. The maximum Gasteiger partial charge on any atom is 0.0179 e.